The second-order valence-electron chi connectivity index (χ2n) is 6.61. The Bertz CT molecular complexity index is 890. The van der Waals surface area contributed by atoms with Gasteiger partial charge in [0.05, 0.1) is 29.7 Å². The standard InChI is InChI=1S/C21H24N4O4/c1-3-29-21(28)17-6-4-5-7-18(17)23-20(27)19-9-8-16(14-22-19)25-12-10-24(11-13-25)15(2)26/h4-9,14H,3,10-13H2,1-2H3,(H,23,27). The number of piperazine rings is 1. The van der Waals surface area contributed by atoms with Gasteiger partial charge < -0.3 is 19.9 Å². The second kappa shape index (κ2) is 9.18. The topological polar surface area (TPSA) is 91.8 Å². The third-order valence-electron chi connectivity index (χ3n) is 4.74. The number of nitrogens with one attached hydrogen (secondary N) is 1. The molecule has 1 aromatic carbocycles. The van der Waals surface area contributed by atoms with Crippen molar-refractivity contribution in [3.8, 4) is 0 Å². The number of hydrogen-bond acceptors (Lipinski definition) is 6. The number of carbonyl (C=O) groups is 3. The van der Waals surface area contributed by atoms with Gasteiger partial charge in [-0.2, -0.15) is 0 Å². The summed E-state index contributed by atoms with van der Waals surface area (Å²) in [6.45, 7) is 6.34. The van der Waals surface area contributed by atoms with Crippen molar-refractivity contribution in [2.45, 2.75) is 13.8 Å². The average molecular weight is 396 g/mol. The third-order valence-corrected chi connectivity index (χ3v) is 4.74. The number of ether oxygens (including phenoxy) is 1. The molecule has 1 saturated heterocycles. The van der Waals surface area contributed by atoms with E-state index in [0.717, 1.165) is 18.8 Å². The number of rotatable bonds is 5. The van der Waals surface area contributed by atoms with Gasteiger partial charge in [-0.25, -0.2) is 9.78 Å². The van der Waals surface area contributed by atoms with Gasteiger partial charge in [0.25, 0.3) is 5.91 Å². The Labute approximate surface area is 169 Å². The molecular formula is C21H24N4O4. The van der Waals surface area contributed by atoms with E-state index >= 15 is 0 Å². The summed E-state index contributed by atoms with van der Waals surface area (Å²) in [5.74, 6) is -0.816. The maximum Gasteiger partial charge on any atom is 0.340 e. The summed E-state index contributed by atoms with van der Waals surface area (Å²) in [5, 5.41) is 2.72. The number of pyridine rings is 1. The zero-order valence-corrected chi connectivity index (χ0v) is 16.6. The van der Waals surface area contributed by atoms with Crippen LogP contribution in [0.25, 0.3) is 0 Å². The number of esters is 1. The van der Waals surface area contributed by atoms with Crippen LogP contribution in [0.15, 0.2) is 42.6 Å². The first kappa shape index (κ1) is 20.3. The summed E-state index contributed by atoms with van der Waals surface area (Å²) in [7, 11) is 0. The molecule has 152 valence electrons. The van der Waals surface area contributed by atoms with Gasteiger partial charge in [0.2, 0.25) is 5.91 Å². The van der Waals surface area contributed by atoms with Gasteiger partial charge in [0.15, 0.2) is 0 Å². The van der Waals surface area contributed by atoms with Crippen molar-refractivity contribution in [3.63, 3.8) is 0 Å². The Balaban J connectivity index is 1.66. The first-order valence-electron chi connectivity index (χ1n) is 9.53. The Morgan fingerprint density at radius 3 is 2.41 bits per heavy atom. The van der Waals surface area contributed by atoms with Gasteiger partial charge in [0, 0.05) is 33.1 Å². The van der Waals surface area contributed by atoms with Crippen molar-refractivity contribution in [2.75, 3.05) is 43.0 Å². The summed E-state index contributed by atoms with van der Waals surface area (Å²) in [6.07, 6.45) is 1.65. The van der Waals surface area contributed by atoms with E-state index in [2.05, 4.69) is 15.2 Å². The van der Waals surface area contributed by atoms with Gasteiger partial charge in [-0.1, -0.05) is 12.1 Å². The van der Waals surface area contributed by atoms with Crippen LogP contribution in [0, 0.1) is 0 Å². The molecular weight excluding hydrogens is 372 g/mol. The maximum absolute atomic E-state index is 12.6. The number of nitrogens with zero attached hydrogens (tertiary/aromatic N) is 3. The SMILES string of the molecule is CCOC(=O)c1ccccc1NC(=O)c1ccc(N2CCN(C(C)=O)CC2)cn1. The van der Waals surface area contributed by atoms with Crippen molar-refractivity contribution in [2.24, 2.45) is 0 Å². The molecule has 2 aromatic rings. The van der Waals surface area contributed by atoms with Crippen LogP contribution in [-0.4, -0.2) is 60.5 Å². The van der Waals surface area contributed by atoms with Crippen LogP contribution in [0.2, 0.25) is 0 Å². The number of aromatic nitrogens is 1. The number of para-hydroxylation sites is 1. The van der Waals surface area contributed by atoms with Crippen molar-refractivity contribution in [1.82, 2.24) is 9.88 Å². The van der Waals surface area contributed by atoms with E-state index < -0.39 is 11.9 Å². The molecule has 0 spiro atoms. The van der Waals surface area contributed by atoms with Crippen molar-refractivity contribution in [3.05, 3.63) is 53.9 Å². The van der Waals surface area contributed by atoms with Gasteiger partial charge >= 0.3 is 5.97 Å². The number of anilines is 2. The molecule has 1 aromatic heterocycles. The molecule has 0 atom stereocenters. The van der Waals surface area contributed by atoms with Gasteiger partial charge in [-0.3, -0.25) is 9.59 Å². The smallest absolute Gasteiger partial charge is 0.340 e. The number of amides is 2. The highest BCUT2D eigenvalue weighted by atomic mass is 16.5. The van der Waals surface area contributed by atoms with E-state index in [-0.39, 0.29) is 18.2 Å². The molecule has 0 bridgehead atoms. The van der Waals surface area contributed by atoms with Crippen molar-refractivity contribution < 1.29 is 19.1 Å². The molecule has 0 radical (unpaired) electrons. The fourth-order valence-corrected chi connectivity index (χ4v) is 3.15. The highest BCUT2D eigenvalue weighted by molar-refractivity contribution is 6.07. The molecule has 8 heteroatoms. The lowest BCUT2D eigenvalue weighted by Gasteiger charge is -2.35. The monoisotopic (exact) mass is 396 g/mol. The molecule has 1 aliphatic heterocycles. The van der Waals surface area contributed by atoms with Crippen LogP contribution >= 0.6 is 0 Å². The molecule has 1 N–H and O–H groups in total. The number of hydrogen-bond donors (Lipinski definition) is 1. The highest BCUT2D eigenvalue weighted by Gasteiger charge is 2.20. The minimum absolute atomic E-state index is 0.0814. The van der Waals surface area contributed by atoms with Crippen LogP contribution in [0.4, 0.5) is 11.4 Å². The number of carbonyl (C=O) groups excluding carboxylic acids is 3. The summed E-state index contributed by atoms with van der Waals surface area (Å²) < 4.78 is 5.03. The summed E-state index contributed by atoms with van der Waals surface area (Å²) in [4.78, 5) is 44.3. The molecule has 0 unspecified atom stereocenters. The predicted octanol–water partition coefficient (Wildman–Crippen LogP) is 2.18. The van der Waals surface area contributed by atoms with Crippen LogP contribution < -0.4 is 10.2 Å². The highest BCUT2D eigenvalue weighted by Crippen LogP contribution is 2.19. The first-order valence-corrected chi connectivity index (χ1v) is 9.53. The average Bonchev–Trinajstić information content (AvgIpc) is 2.74. The Hall–Kier alpha value is -3.42. The number of benzene rings is 1. The minimum Gasteiger partial charge on any atom is -0.462 e. The van der Waals surface area contributed by atoms with E-state index in [1.165, 1.54) is 0 Å². The maximum atomic E-state index is 12.6. The van der Waals surface area contributed by atoms with Crippen LogP contribution in [-0.2, 0) is 9.53 Å². The Morgan fingerprint density at radius 2 is 1.79 bits per heavy atom. The van der Waals surface area contributed by atoms with E-state index in [0.29, 0.717) is 24.3 Å². The van der Waals surface area contributed by atoms with E-state index in [9.17, 15) is 14.4 Å². The van der Waals surface area contributed by atoms with Crippen LogP contribution in [0.3, 0.4) is 0 Å². The summed E-state index contributed by atoms with van der Waals surface area (Å²) in [6, 6.07) is 10.2. The lowest BCUT2D eigenvalue weighted by Crippen LogP contribution is -2.48. The zero-order valence-electron chi connectivity index (χ0n) is 16.6. The molecule has 8 nitrogen and oxygen atoms in total. The minimum atomic E-state index is -0.489. The lowest BCUT2D eigenvalue weighted by atomic mass is 10.1. The quantitative estimate of drug-likeness (QED) is 0.779. The Kier molecular flexibility index (Phi) is 6.43. The fraction of sp³-hybridized carbons (Fsp3) is 0.333. The fourth-order valence-electron chi connectivity index (χ4n) is 3.15. The lowest BCUT2D eigenvalue weighted by molar-refractivity contribution is -0.129. The third kappa shape index (κ3) is 4.90. The van der Waals surface area contributed by atoms with E-state index in [4.69, 9.17) is 4.74 Å². The van der Waals surface area contributed by atoms with E-state index in [1.807, 2.05) is 11.0 Å². The van der Waals surface area contributed by atoms with Gasteiger partial charge in [0.1, 0.15) is 5.69 Å². The molecule has 2 amide bonds. The first-order chi connectivity index (χ1) is 14.0. The normalized spacial score (nSPS) is 13.7. The molecule has 2 heterocycles. The van der Waals surface area contributed by atoms with Crippen molar-refractivity contribution >= 4 is 29.2 Å². The summed E-state index contributed by atoms with van der Waals surface area (Å²) in [5.41, 5.74) is 1.82. The zero-order chi connectivity index (χ0) is 20.8. The molecule has 0 saturated carbocycles. The molecule has 1 aliphatic rings. The predicted molar refractivity (Wildman–Crippen MR) is 109 cm³/mol. The van der Waals surface area contributed by atoms with E-state index in [1.54, 1.807) is 50.4 Å². The molecule has 3 rings (SSSR count). The Morgan fingerprint density at radius 1 is 1.07 bits per heavy atom. The van der Waals surface area contributed by atoms with Gasteiger partial charge in [-0.05, 0) is 31.2 Å². The van der Waals surface area contributed by atoms with Crippen LogP contribution in [0.5, 0.6) is 0 Å². The summed E-state index contributed by atoms with van der Waals surface area (Å²) >= 11 is 0. The largest absolute Gasteiger partial charge is 0.462 e. The second-order valence-corrected chi connectivity index (χ2v) is 6.61. The van der Waals surface area contributed by atoms with Gasteiger partial charge in [-0.15, -0.1) is 0 Å². The van der Waals surface area contributed by atoms with Crippen LogP contribution in [0.1, 0.15) is 34.7 Å². The molecule has 1 fully saturated rings. The van der Waals surface area contributed by atoms with Crippen molar-refractivity contribution in [1.29, 1.82) is 0 Å². The molecule has 0 aliphatic carbocycles. The molecule has 29 heavy (non-hydrogen) atoms.